The summed E-state index contributed by atoms with van der Waals surface area (Å²) in [5.41, 5.74) is -0.190. The van der Waals surface area contributed by atoms with Crippen LogP contribution in [-0.2, 0) is 10.0 Å². The van der Waals surface area contributed by atoms with Gasteiger partial charge in [-0.2, -0.15) is 0 Å². The average molecular weight is 448 g/mol. The normalized spacial score (nSPS) is 16.7. The van der Waals surface area contributed by atoms with E-state index in [1.54, 1.807) is 0 Å². The van der Waals surface area contributed by atoms with Gasteiger partial charge in [0, 0.05) is 11.2 Å². The zero-order valence-corrected chi connectivity index (χ0v) is 19.9. The SMILES string of the molecule is COc1ccc(Cl)cc1S(=O)(=O)[N-]c1cnc2c(c1)C(=O)NC1(CC1)CO2.[K+]. The summed E-state index contributed by atoms with van der Waals surface area (Å²) in [5.74, 6) is -0.0853. The molecule has 1 aromatic heterocycles. The maximum atomic E-state index is 12.7. The van der Waals surface area contributed by atoms with Crippen molar-refractivity contribution in [1.29, 1.82) is 0 Å². The van der Waals surface area contributed by atoms with Crippen LogP contribution >= 0.6 is 11.6 Å². The molecule has 4 rings (SSSR count). The summed E-state index contributed by atoms with van der Waals surface area (Å²) in [6.07, 6.45) is 2.92. The third-order valence-electron chi connectivity index (χ3n) is 4.43. The number of ether oxygens (including phenoxy) is 2. The first-order valence-corrected chi connectivity index (χ1v) is 9.91. The fourth-order valence-electron chi connectivity index (χ4n) is 2.78. The molecule has 1 fully saturated rings. The molecule has 1 saturated carbocycles. The number of hydrogen-bond donors (Lipinski definition) is 1. The standard InChI is InChI=1S/C17H15ClN3O5S.K/c1-25-13-3-2-10(18)6-14(13)27(23,24)21-11-7-12-15(22)20-17(4-5-17)9-26-16(12)19-8-11;/h2-3,6-8H,4-5,9H2,1H3,(H,20,22);/q-1;+1. The minimum Gasteiger partial charge on any atom is -0.571 e. The van der Waals surface area contributed by atoms with Crippen LogP contribution in [0.3, 0.4) is 0 Å². The fraction of sp³-hybridized carbons (Fsp3) is 0.294. The summed E-state index contributed by atoms with van der Waals surface area (Å²) >= 11 is 5.90. The Labute approximate surface area is 209 Å². The molecule has 28 heavy (non-hydrogen) atoms. The molecule has 0 bridgehead atoms. The van der Waals surface area contributed by atoms with Gasteiger partial charge in [0.1, 0.15) is 27.9 Å². The zero-order valence-electron chi connectivity index (χ0n) is 15.2. The number of fused-ring (bicyclic) bond motifs is 1. The molecule has 1 aliphatic heterocycles. The minimum absolute atomic E-state index is 0. The molecule has 0 radical (unpaired) electrons. The molecule has 1 amide bonds. The van der Waals surface area contributed by atoms with Crippen LogP contribution in [0.5, 0.6) is 11.6 Å². The number of nitrogens with one attached hydrogen (secondary N) is 1. The third kappa shape index (κ3) is 4.32. The van der Waals surface area contributed by atoms with Gasteiger partial charge in [-0.1, -0.05) is 17.7 Å². The van der Waals surface area contributed by atoms with E-state index in [0.717, 1.165) is 12.8 Å². The summed E-state index contributed by atoms with van der Waals surface area (Å²) in [4.78, 5) is 16.3. The van der Waals surface area contributed by atoms with Crippen molar-refractivity contribution in [2.75, 3.05) is 13.7 Å². The van der Waals surface area contributed by atoms with Gasteiger partial charge in [-0.05, 0) is 31.0 Å². The smallest absolute Gasteiger partial charge is 0.571 e. The molecule has 11 heteroatoms. The Morgan fingerprint density at radius 3 is 2.75 bits per heavy atom. The Balaban J connectivity index is 0.00000225. The van der Waals surface area contributed by atoms with Crippen molar-refractivity contribution < 1.29 is 74.1 Å². The maximum absolute atomic E-state index is 12.7. The number of methoxy groups -OCH3 is 1. The molecule has 2 aromatic rings. The van der Waals surface area contributed by atoms with E-state index >= 15 is 0 Å². The second kappa shape index (κ2) is 8.09. The van der Waals surface area contributed by atoms with E-state index in [2.05, 4.69) is 15.0 Å². The second-order valence-corrected chi connectivity index (χ2v) is 8.44. The average Bonchev–Trinajstić information content (AvgIpc) is 3.41. The molecular formula is C17H15ClKN3O5S. The molecular weight excluding hydrogens is 433 g/mol. The number of aromatic nitrogens is 1. The maximum Gasteiger partial charge on any atom is 1.00 e. The Kier molecular flexibility index (Phi) is 6.31. The molecule has 1 aliphatic carbocycles. The quantitative estimate of drug-likeness (QED) is 0.650. The van der Waals surface area contributed by atoms with Gasteiger partial charge < -0.3 is 19.5 Å². The number of pyridine rings is 1. The number of carbonyl (C=O) groups excluding carboxylic acids is 1. The van der Waals surface area contributed by atoms with E-state index in [1.807, 2.05) is 0 Å². The number of carbonyl (C=O) groups is 1. The number of hydrogen-bond acceptors (Lipinski definition) is 6. The topological polar surface area (TPSA) is 109 Å². The number of benzene rings is 1. The molecule has 1 aromatic carbocycles. The zero-order chi connectivity index (χ0) is 19.2. The number of sulfonamides is 1. The first-order valence-electron chi connectivity index (χ1n) is 8.09. The van der Waals surface area contributed by atoms with Gasteiger partial charge >= 0.3 is 51.4 Å². The van der Waals surface area contributed by atoms with E-state index < -0.39 is 10.0 Å². The molecule has 1 spiro atoms. The second-order valence-electron chi connectivity index (χ2n) is 6.43. The molecule has 0 atom stereocenters. The van der Waals surface area contributed by atoms with Crippen molar-refractivity contribution in [3.05, 3.63) is 45.8 Å². The summed E-state index contributed by atoms with van der Waals surface area (Å²) < 4.78 is 39.8. The van der Waals surface area contributed by atoms with E-state index in [9.17, 15) is 13.2 Å². The van der Waals surface area contributed by atoms with Crippen molar-refractivity contribution in [1.82, 2.24) is 10.3 Å². The molecule has 8 nitrogen and oxygen atoms in total. The molecule has 142 valence electrons. The van der Waals surface area contributed by atoms with Gasteiger partial charge in [-0.25, -0.2) is 13.4 Å². The molecule has 2 aliphatic rings. The predicted molar refractivity (Wildman–Crippen MR) is 97.4 cm³/mol. The van der Waals surface area contributed by atoms with Crippen molar-refractivity contribution in [2.24, 2.45) is 0 Å². The van der Waals surface area contributed by atoms with Crippen LogP contribution in [0.15, 0.2) is 35.4 Å². The van der Waals surface area contributed by atoms with Crippen LogP contribution < -0.4 is 66.2 Å². The largest absolute Gasteiger partial charge is 1.00 e. The Morgan fingerprint density at radius 2 is 2.07 bits per heavy atom. The first kappa shape index (κ1) is 21.8. The van der Waals surface area contributed by atoms with E-state index in [1.165, 1.54) is 37.6 Å². The van der Waals surface area contributed by atoms with Crippen LogP contribution in [0, 0.1) is 0 Å². The van der Waals surface area contributed by atoms with Crippen LogP contribution in [0.1, 0.15) is 23.2 Å². The van der Waals surface area contributed by atoms with Gasteiger partial charge in [-0.15, -0.1) is 5.69 Å². The van der Waals surface area contributed by atoms with Gasteiger partial charge in [0.05, 0.1) is 17.5 Å². The van der Waals surface area contributed by atoms with Crippen LogP contribution in [-0.4, -0.2) is 38.6 Å². The van der Waals surface area contributed by atoms with Crippen LogP contribution in [0.4, 0.5) is 5.69 Å². The molecule has 2 heterocycles. The summed E-state index contributed by atoms with van der Waals surface area (Å²) in [7, 11) is -2.79. The molecule has 0 unspecified atom stereocenters. The Morgan fingerprint density at radius 1 is 1.32 bits per heavy atom. The summed E-state index contributed by atoms with van der Waals surface area (Å²) in [6, 6.07) is 5.55. The fourth-order valence-corrected chi connectivity index (χ4v) is 4.17. The summed E-state index contributed by atoms with van der Waals surface area (Å²) in [6.45, 7) is 0.341. The van der Waals surface area contributed by atoms with E-state index in [0.29, 0.717) is 6.61 Å². The van der Waals surface area contributed by atoms with Crippen LogP contribution in [0.2, 0.25) is 5.02 Å². The van der Waals surface area contributed by atoms with Gasteiger partial charge in [0.2, 0.25) is 5.88 Å². The minimum atomic E-state index is -4.14. The van der Waals surface area contributed by atoms with Crippen molar-refractivity contribution >= 4 is 33.2 Å². The molecule has 0 saturated heterocycles. The van der Waals surface area contributed by atoms with Crippen molar-refractivity contribution in [3.63, 3.8) is 0 Å². The van der Waals surface area contributed by atoms with E-state index in [-0.39, 0.29) is 95.6 Å². The van der Waals surface area contributed by atoms with Crippen LogP contribution in [0.25, 0.3) is 4.72 Å². The Hall–Kier alpha value is -0.884. The number of halogens is 1. The number of rotatable bonds is 4. The predicted octanol–water partition coefficient (Wildman–Crippen LogP) is -0.203. The molecule has 1 N–H and O–H groups in total. The van der Waals surface area contributed by atoms with Gasteiger partial charge in [-0.3, -0.25) is 4.79 Å². The monoisotopic (exact) mass is 447 g/mol. The summed E-state index contributed by atoms with van der Waals surface area (Å²) in [5, 5.41) is 3.13. The Bertz CT molecular complexity index is 1040. The number of nitrogens with zero attached hydrogens (tertiary/aromatic N) is 2. The van der Waals surface area contributed by atoms with Gasteiger partial charge in [0.15, 0.2) is 0 Å². The first-order chi connectivity index (χ1) is 12.8. The van der Waals surface area contributed by atoms with E-state index in [4.69, 9.17) is 21.1 Å². The van der Waals surface area contributed by atoms with Crippen molar-refractivity contribution in [3.8, 4) is 11.6 Å². The third-order valence-corrected chi connectivity index (χ3v) is 5.99. The van der Waals surface area contributed by atoms with Crippen molar-refractivity contribution in [2.45, 2.75) is 23.3 Å². The number of amides is 1. The van der Waals surface area contributed by atoms with Gasteiger partial charge in [0.25, 0.3) is 5.91 Å².